The lowest BCUT2D eigenvalue weighted by molar-refractivity contribution is -0.337. The van der Waals surface area contributed by atoms with Gasteiger partial charge in [0.15, 0.2) is 6.29 Å². The number of benzene rings is 2. The number of carbonyl (C=O) groups is 2. The Kier molecular flexibility index (Phi) is 7.47. The van der Waals surface area contributed by atoms with Crippen LogP contribution in [0.2, 0.25) is 0 Å². The molecule has 6 atom stereocenters. The molecule has 182 valence electrons. The fourth-order valence-corrected chi connectivity index (χ4v) is 4.13. The number of hydrogen-bond donors (Lipinski definition) is 2. The molecule has 0 radical (unpaired) electrons. The molecule has 0 bridgehead atoms. The molecule has 2 aromatic rings. The summed E-state index contributed by atoms with van der Waals surface area (Å²) in [6.07, 6.45) is -3.79. The molecule has 0 aliphatic carbocycles. The molecule has 2 heterocycles. The van der Waals surface area contributed by atoms with Crippen LogP contribution in [0.15, 0.2) is 48.5 Å². The fourth-order valence-electron chi connectivity index (χ4n) is 4.13. The van der Waals surface area contributed by atoms with E-state index in [-0.39, 0.29) is 12.5 Å². The van der Waals surface area contributed by atoms with Gasteiger partial charge in [-0.15, -0.1) is 0 Å². The van der Waals surface area contributed by atoms with Crippen LogP contribution < -0.4 is 10.1 Å². The topological polar surface area (TPSA) is 113 Å². The molecule has 2 aliphatic heterocycles. The van der Waals surface area contributed by atoms with Crippen molar-refractivity contribution in [2.75, 3.05) is 13.2 Å². The third kappa shape index (κ3) is 5.56. The van der Waals surface area contributed by atoms with E-state index in [9.17, 15) is 14.7 Å². The van der Waals surface area contributed by atoms with Crippen LogP contribution >= 0.6 is 0 Å². The van der Waals surface area contributed by atoms with Crippen LogP contribution in [0.25, 0.3) is 0 Å². The minimum Gasteiger partial charge on any atom is -0.480 e. The lowest BCUT2D eigenvalue weighted by atomic mass is 9.95. The van der Waals surface area contributed by atoms with E-state index in [0.717, 1.165) is 16.7 Å². The summed E-state index contributed by atoms with van der Waals surface area (Å²) in [5.41, 5.74) is 2.96. The molecule has 2 fully saturated rings. The van der Waals surface area contributed by atoms with E-state index in [4.69, 9.17) is 23.7 Å². The Hall–Kier alpha value is -2.98. The number of carboxylic acids is 1. The molecule has 0 saturated carbocycles. The Labute approximate surface area is 197 Å². The first-order valence-corrected chi connectivity index (χ1v) is 11.1. The van der Waals surface area contributed by atoms with Crippen molar-refractivity contribution in [2.24, 2.45) is 0 Å². The van der Waals surface area contributed by atoms with Crippen LogP contribution in [0.1, 0.15) is 29.9 Å². The lowest BCUT2D eigenvalue weighted by Gasteiger charge is -2.49. The SMILES string of the molecule is CC(=O)NC1C(Oc2ccc(C)c(C)c2)OC2COC(c3ccccc3)OC2C1OCC(=O)O. The molecule has 34 heavy (non-hydrogen) atoms. The van der Waals surface area contributed by atoms with E-state index < -0.39 is 49.5 Å². The highest BCUT2D eigenvalue weighted by molar-refractivity contribution is 5.73. The number of carbonyl (C=O) groups excluding carboxylic acids is 1. The van der Waals surface area contributed by atoms with Crippen molar-refractivity contribution in [1.82, 2.24) is 5.32 Å². The van der Waals surface area contributed by atoms with Crippen LogP contribution in [-0.4, -0.2) is 60.8 Å². The zero-order valence-electron chi connectivity index (χ0n) is 19.3. The Morgan fingerprint density at radius 1 is 1.09 bits per heavy atom. The summed E-state index contributed by atoms with van der Waals surface area (Å²) in [5.74, 6) is -0.919. The van der Waals surface area contributed by atoms with Gasteiger partial charge in [0.25, 0.3) is 0 Å². The highest BCUT2D eigenvalue weighted by Crippen LogP contribution is 2.36. The van der Waals surface area contributed by atoms with E-state index in [1.165, 1.54) is 6.92 Å². The van der Waals surface area contributed by atoms with Gasteiger partial charge in [-0.05, 0) is 37.1 Å². The number of amides is 1. The van der Waals surface area contributed by atoms with Crippen molar-refractivity contribution in [3.8, 4) is 5.75 Å². The normalized spacial score (nSPS) is 28.6. The Bertz CT molecular complexity index is 1010. The van der Waals surface area contributed by atoms with Crippen LogP contribution in [-0.2, 0) is 28.5 Å². The van der Waals surface area contributed by atoms with Crippen LogP contribution in [0, 0.1) is 13.8 Å². The number of fused-ring (bicyclic) bond motifs is 1. The number of ether oxygens (including phenoxy) is 5. The van der Waals surface area contributed by atoms with Crippen molar-refractivity contribution < 1.29 is 38.4 Å². The number of hydrogen-bond acceptors (Lipinski definition) is 7. The maximum atomic E-state index is 12.1. The van der Waals surface area contributed by atoms with Crippen molar-refractivity contribution in [2.45, 2.75) is 57.7 Å². The smallest absolute Gasteiger partial charge is 0.329 e. The average Bonchev–Trinajstić information content (AvgIpc) is 2.81. The maximum absolute atomic E-state index is 12.1. The Morgan fingerprint density at radius 2 is 1.85 bits per heavy atom. The predicted molar refractivity (Wildman–Crippen MR) is 120 cm³/mol. The van der Waals surface area contributed by atoms with E-state index in [2.05, 4.69) is 5.32 Å². The largest absolute Gasteiger partial charge is 0.480 e. The van der Waals surface area contributed by atoms with Gasteiger partial charge in [0.05, 0.1) is 6.61 Å². The fraction of sp³-hybridized carbons (Fsp3) is 0.440. The maximum Gasteiger partial charge on any atom is 0.329 e. The number of nitrogens with one attached hydrogen (secondary N) is 1. The van der Waals surface area contributed by atoms with Gasteiger partial charge in [0, 0.05) is 12.5 Å². The molecule has 0 aromatic heterocycles. The first-order chi connectivity index (χ1) is 16.3. The quantitative estimate of drug-likeness (QED) is 0.634. The molecule has 2 aromatic carbocycles. The van der Waals surface area contributed by atoms with Gasteiger partial charge in [-0.3, -0.25) is 4.79 Å². The second kappa shape index (κ2) is 10.5. The van der Waals surface area contributed by atoms with E-state index >= 15 is 0 Å². The second-order valence-electron chi connectivity index (χ2n) is 8.48. The summed E-state index contributed by atoms with van der Waals surface area (Å²) in [6, 6.07) is 14.2. The van der Waals surface area contributed by atoms with E-state index in [1.54, 1.807) is 0 Å². The van der Waals surface area contributed by atoms with Gasteiger partial charge in [-0.25, -0.2) is 4.79 Å². The molecule has 4 rings (SSSR count). The molecular weight excluding hydrogens is 442 g/mol. The lowest BCUT2D eigenvalue weighted by Crippen LogP contribution is -2.68. The van der Waals surface area contributed by atoms with Crippen LogP contribution in [0.3, 0.4) is 0 Å². The monoisotopic (exact) mass is 471 g/mol. The van der Waals surface area contributed by atoms with Crippen molar-refractivity contribution in [3.05, 3.63) is 65.2 Å². The van der Waals surface area contributed by atoms with E-state index in [0.29, 0.717) is 5.75 Å². The predicted octanol–water partition coefficient (Wildman–Crippen LogP) is 2.50. The minimum atomic E-state index is -1.14. The minimum absolute atomic E-state index is 0.177. The van der Waals surface area contributed by atoms with Gasteiger partial charge in [0.2, 0.25) is 12.2 Å². The average molecular weight is 472 g/mol. The molecule has 0 spiro atoms. The third-order valence-corrected chi connectivity index (χ3v) is 5.91. The molecule has 6 unspecified atom stereocenters. The molecule has 1 amide bonds. The number of aliphatic carboxylic acids is 1. The summed E-state index contributed by atoms with van der Waals surface area (Å²) in [5, 5.41) is 12.1. The highest BCUT2D eigenvalue weighted by atomic mass is 16.8. The Balaban J connectivity index is 1.62. The first kappa shape index (κ1) is 24.2. The number of carboxylic acid groups (broad SMARTS) is 1. The molecule has 2 N–H and O–H groups in total. The van der Waals surface area contributed by atoms with E-state index in [1.807, 2.05) is 62.4 Å². The summed E-state index contributed by atoms with van der Waals surface area (Å²) >= 11 is 0. The zero-order chi connectivity index (χ0) is 24.2. The summed E-state index contributed by atoms with van der Waals surface area (Å²) in [7, 11) is 0. The summed E-state index contributed by atoms with van der Waals surface area (Å²) < 4.78 is 30.2. The van der Waals surface area contributed by atoms with Crippen molar-refractivity contribution in [1.29, 1.82) is 0 Å². The number of aryl methyl sites for hydroxylation is 2. The summed E-state index contributed by atoms with van der Waals surface area (Å²) in [6.45, 7) is 4.94. The zero-order valence-corrected chi connectivity index (χ0v) is 19.3. The van der Waals surface area contributed by atoms with Crippen LogP contribution in [0.5, 0.6) is 5.75 Å². The van der Waals surface area contributed by atoms with Gasteiger partial charge < -0.3 is 34.1 Å². The molecule has 9 nitrogen and oxygen atoms in total. The highest BCUT2D eigenvalue weighted by Gasteiger charge is 2.52. The molecular formula is C25H29NO8. The second-order valence-corrected chi connectivity index (χ2v) is 8.48. The molecule has 2 saturated heterocycles. The Morgan fingerprint density at radius 3 is 2.53 bits per heavy atom. The van der Waals surface area contributed by atoms with Gasteiger partial charge >= 0.3 is 5.97 Å². The molecule has 9 heteroatoms. The van der Waals surface area contributed by atoms with Gasteiger partial charge in [-0.1, -0.05) is 36.4 Å². The molecule has 2 aliphatic rings. The number of rotatable bonds is 7. The van der Waals surface area contributed by atoms with Crippen molar-refractivity contribution in [3.63, 3.8) is 0 Å². The third-order valence-electron chi connectivity index (χ3n) is 5.91. The van der Waals surface area contributed by atoms with Gasteiger partial charge in [-0.2, -0.15) is 0 Å². The summed E-state index contributed by atoms with van der Waals surface area (Å²) in [4.78, 5) is 23.4. The standard InChI is InChI=1S/C25H29NO8/c1-14-9-10-18(11-15(14)2)32-25-21(26-16(3)27)23(30-13-20(28)29)22-19(33-25)12-31-24(34-22)17-7-5-4-6-8-17/h4-11,19,21-25H,12-13H2,1-3H3,(H,26,27)(H,28,29). The van der Waals surface area contributed by atoms with Crippen LogP contribution in [0.4, 0.5) is 0 Å². The van der Waals surface area contributed by atoms with Crippen molar-refractivity contribution >= 4 is 11.9 Å². The first-order valence-electron chi connectivity index (χ1n) is 11.1. The van der Waals surface area contributed by atoms with Gasteiger partial charge in [0.1, 0.15) is 36.7 Å².